The number of nitrogens with one attached hydrogen (secondary N) is 1. The molecular formula is C18H21ClN2O5. The number of esters is 1. The Morgan fingerprint density at radius 1 is 1.31 bits per heavy atom. The number of carbonyl (C=O) groups is 3. The van der Waals surface area contributed by atoms with Gasteiger partial charge >= 0.3 is 5.97 Å². The highest BCUT2D eigenvalue weighted by atomic mass is 35.5. The molecule has 0 spiro atoms. The Balaban J connectivity index is 1.78. The SMILES string of the molecule is COC(=O)C1(NC(=O)CN2C(=O)COc3ccc(Cl)cc32)CCCCC1. The number of hydrogen-bond acceptors (Lipinski definition) is 5. The first-order chi connectivity index (χ1) is 12.4. The van der Waals surface area contributed by atoms with Crippen LogP contribution >= 0.6 is 11.6 Å². The molecule has 1 aliphatic carbocycles. The van der Waals surface area contributed by atoms with Crippen LogP contribution in [0.5, 0.6) is 5.75 Å². The molecule has 1 aromatic rings. The predicted octanol–water partition coefficient (Wildman–Crippen LogP) is 2.06. The summed E-state index contributed by atoms with van der Waals surface area (Å²) >= 11 is 6.01. The van der Waals surface area contributed by atoms with Gasteiger partial charge in [-0.25, -0.2) is 4.79 Å². The van der Waals surface area contributed by atoms with E-state index in [0.717, 1.165) is 19.3 Å². The molecule has 1 aliphatic heterocycles. The summed E-state index contributed by atoms with van der Waals surface area (Å²) in [6, 6.07) is 4.90. The van der Waals surface area contributed by atoms with Crippen LogP contribution in [-0.4, -0.2) is 43.6 Å². The zero-order valence-electron chi connectivity index (χ0n) is 14.5. The minimum Gasteiger partial charge on any atom is -0.482 e. The summed E-state index contributed by atoms with van der Waals surface area (Å²) in [6.45, 7) is -0.363. The van der Waals surface area contributed by atoms with Crippen LogP contribution in [0.1, 0.15) is 32.1 Å². The van der Waals surface area contributed by atoms with Gasteiger partial charge < -0.3 is 14.8 Å². The highest BCUT2D eigenvalue weighted by Gasteiger charge is 2.42. The molecule has 0 saturated heterocycles. The lowest BCUT2D eigenvalue weighted by molar-refractivity contribution is -0.152. The van der Waals surface area contributed by atoms with Crippen molar-refractivity contribution in [3.8, 4) is 5.75 Å². The van der Waals surface area contributed by atoms with Gasteiger partial charge in [0.1, 0.15) is 17.8 Å². The van der Waals surface area contributed by atoms with Gasteiger partial charge in [0.25, 0.3) is 5.91 Å². The molecule has 0 bridgehead atoms. The highest BCUT2D eigenvalue weighted by molar-refractivity contribution is 6.31. The Morgan fingerprint density at radius 2 is 2.04 bits per heavy atom. The van der Waals surface area contributed by atoms with Gasteiger partial charge in [-0.1, -0.05) is 30.9 Å². The quantitative estimate of drug-likeness (QED) is 0.808. The second-order valence-electron chi connectivity index (χ2n) is 6.56. The van der Waals surface area contributed by atoms with Gasteiger partial charge in [0.2, 0.25) is 5.91 Å². The number of rotatable bonds is 4. The van der Waals surface area contributed by atoms with Crippen LogP contribution in [0.3, 0.4) is 0 Å². The third kappa shape index (κ3) is 3.62. The molecule has 1 aromatic carbocycles. The number of nitrogens with zero attached hydrogens (tertiary/aromatic N) is 1. The smallest absolute Gasteiger partial charge is 0.331 e. The van der Waals surface area contributed by atoms with Crippen molar-refractivity contribution in [1.82, 2.24) is 5.32 Å². The number of benzene rings is 1. The van der Waals surface area contributed by atoms with Gasteiger partial charge in [-0.15, -0.1) is 0 Å². The van der Waals surface area contributed by atoms with Gasteiger partial charge in [0.05, 0.1) is 12.8 Å². The molecule has 1 saturated carbocycles. The maximum Gasteiger partial charge on any atom is 0.331 e. The first-order valence-corrected chi connectivity index (χ1v) is 8.95. The van der Waals surface area contributed by atoms with Gasteiger partial charge in [-0.05, 0) is 31.0 Å². The molecule has 1 fully saturated rings. The van der Waals surface area contributed by atoms with Crippen LogP contribution in [0.15, 0.2) is 18.2 Å². The Morgan fingerprint density at radius 3 is 2.73 bits per heavy atom. The van der Waals surface area contributed by atoms with Crippen LogP contribution in [0.2, 0.25) is 5.02 Å². The summed E-state index contributed by atoms with van der Waals surface area (Å²) in [6.07, 6.45) is 3.76. The van der Waals surface area contributed by atoms with Gasteiger partial charge in [0.15, 0.2) is 6.61 Å². The number of ether oxygens (including phenoxy) is 2. The molecule has 0 unspecified atom stereocenters. The Kier molecular flexibility index (Phi) is 5.36. The van der Waals surface area contributed by atoms with Crippen molar-refractivity contribution in [2.24, 2.45) is 0 Å². The van der Waals surface area contributed by atoms with Crippen molar-refractivity contribution in [2.75, 3.05) is 25.2 Å². The molecule has 2 amide bonds. The summed E-state index contributed by atoms with van der Waals surface area (Å²) in [5, 5.41) is 3.25. The first-order valence-electron chi connectivity index (χ1n) is 8.57. The van der Waals surface area contributed by atoms with Crippen molar-refractivity contribution >= 4 is 35.1 Å². The van der Waals surface area contributed by atoms with E-state index < -0.39 is 17.4 Å². The second kappa shape index (κ2) is 7.53. The summed E-state index contributed by atoms with van der Waals surface area (Å²) in [7, 11) is 1.31. The Hall–Kier alpha value is -2.28. The molecule has 1 N–H and O–H groups in total. The van der Waals surface area contributed by atoms with E-state index in [-0.39, 0.29) is 19.1 Å². The van der Waals surface area contributed by atoms with Crippen molar-refractivity contribution in [1.29, 1.82) is 0 Å². The number of anilines is 1. The van der Waals surface area contributed by atoms with E-state index >= 15 is 0 Å². The molecule has 140 valence electrons. The predicted molar refractivity (Wildman–Crippen MR) is 95.3 cm³/mol. The van der Waals surface area contributed by atoms with Gasteiger partial charge in [-0.3, -0.25) is 14.5 Å². The van der Waals surface area contributed by atoms with E-state index in [1.807, 2.05) is 0 Å². The monoisotopic (exact) mass is 380 g/mol. The number of halogens is 1. The lowest BCUT2D eigenvalue weighted by Gasteiger charge is -2.36. The second-order valence-corrected chi connectivity index (χ2v) is 7.00. The first kappa shape index (κ1) is 18.5. The van der Waals surface area contributed by atoms with Gasteiger partial charge in [0, 0.05) is 5.02 Å². The number of hydrogen-bond donors (Lipinski definition) is 1. The number of methoxy groups -OCH3 is 1. The average Bonchev–Trinajstić information content (AvgIpc) is 2.64. The fourth-order valence-corrected chi connectivity index (χ4v) is 3.70. The third-order valence-corrected chi connectivity index (χ3v) is 5.06. The maximum absolute atomic E-state index is 12.7. The van der Waals surface area contributed by atoms with Crippen LogP contribution < -0.4 is 15.0 Å². The normalized spacial score (nSPS) is 18.5. The lowest BCUT2D eigenvalue weighted by Crippen LogP contribution is -2.58. The van der Waals surface area contributed by atoms with Crippen molar-refractivity contribution < 1.29 is 23.9 Å². The third-order valence-electron chi connectivity index (χ3n) is 4.83. The Labute approximate surface area is 156 Å². The van der Waals surface area contributed by atoms with Crippen molar-refractivity contribution in [3.63, 3.8) is 0 Å². The minimum absolute atomic E-state index is 0.149. The fraction of sp³-hybridized carbons (Fsp3) is 0.500. The molecule has 0 radical (unpaired) electrons. The van der Waals surface area contributed by atoms with E-state index in [0.29, 0.717) is 29.3 Å². The maximum atomic E-state index is 12.7. The molecule has 7 nitrogen and oxygen atoms in total. The van der Waals surface area contributed by atoms with Crippen LogP contribution in [0.4, 0.5) is 5.69 Å². The summed E-state index contributed by atoms with van der Waals surface area (Å²) in [4.78, 5) is 38.5. The number of carbonyl (C=O) groups excluding carboxylic acids is 3. The van der Waals surface area contributed by atoms with Crippen LogP contribution in [-0.2, 0) is 19.1 Å². The van der Waals surface area contributed by atoms with Crippen molar-refractivity contribution in [3.05, 3.63) is 23.2 Å². The number of amides is 2. The zero-order valence-corrected chi connectivity index (χ0v) is 15.3. The highest BCUT2D eigenvalue weighted by Crippen LogP contribution is 2.34. The molecule has 2 aliphatic rings. The molecule has 8 heteroatoms. The average molecular weight is 381 g/mol. The number of fused-ring (bicyclic) bond motifs is 1. The van der Waals surface area contributed by atoms with Crippen molar-refractivity contribution in [2.45, 2.75) is 37.6 Å². The molecule has 3 rings (SSSR count). The fourth-order valence-electron chi connectivity index (χ4n) is 3.53. The molecule has 0 aromatic heterocycles. The van der Waals surface area contributed by atoms with E-state index in [1.165, 1.54) is 12.0 Å². The zero-order chi connectivity index (χ0) is 18.7. The van der Waals surface area contributed by atoms with E-state index in [9.17, 15) is 14.4 Å². The molecule has 1 heterocycles. The van der Waals surface area contributed by atoms with E-state index in [2.05, 4.69) is 5.32 Å². The molecule has 26 heavy (non-hydrogen) atoms. The summed E-state index contributed by atoms with van der Waals surface area (Å²) < 4.78 is 10.3. The summed E-state index contributed by atoms with van der Waals surface area (Å²) in [5.41, 5.74) is -0.573. The standard InChI is InChI=1S/C18H21ClN2O5/c1-25-17(24)18(7-3-2-4-8-18)20-15(22)10-21-13-9-12(19)5-6-14(13)26-11-16(21)23/h5-6,9H,2-4,7-8,10-11H2,1H3,(H,20,22). The molecular weight excluding hydrogens is 360 g/mol. The topological polar surface area (TPSA) is 84.9 Å². The van der Waals surface area contributed by atoms with Crippen LogP contribution in [0, 0.1) is 0 Å². The van der Waals surface area contributed by atoms with Gasteiger partial charge in [-0.2, -0.15) is 0 Å². The van der Waals surface area contributed by atoms with E-state index in [4.69, 9.17) is 21.1 Å². The minimum atomic E-state index is -1.02. The summed E-state index contributed by atoms with van der Waals surface area (Å²) in [5.74, 6) is -0.714. The van der Waals surface area contributed by atoms with E-state index in [1.54, 1.807) is 18.2 Å². The van der Waals surface area contributed by atoms with Crippen LogP contribution in [0.25, 0.3) is 0 Å². The molecule has 0 atom stereocenters. The largest absolute Gasteiger partial charge is 0.482 e. The Bertz CT molecular complexity index is 730. The lowest BCUT2D eigenvalue weighted by atomic mass is 9.81.